The number of aliphatic hydroxyl groups is 1. The minimum Gasteiger partial charge on any atom is -0.478 e. The van der Waals surface area contributed by atoms with E-state index in [1.807, 2.05) is 0 Å². The molecule has 0 aliphatic carbocycles. The molecule has 1 unspecified atom stereocenters. The number of rotatable bonds is 1. The van der Waals surface area contributed by atoms with Crippen molar-refractivity contribution in [1.82, 2.24) is 15.3 Å². The minimum atomic E-state index is -1.24. The normalized spacial score (nSPS) is 17.5. The van der Waals surface area contributed by atoms with Gasteiger partial charge in [0.25, 0.3) is 5.91 Å². The summed E-state index contributed by atoms with van der Waals surface area (Å²) in [6.07, 6.45) is -1.24. The molecule has 0 fully saturated rings. The lowest BCUT2D eigenvalue weighted by molar-refractivity contribution is 0.0695. The van der Waals surface area contributed by atoms with Crippen molar-refractivity contribution in [2.75, 3.05) is 5.32 Å². The highest BCUT2D eigenvalue weighted by Crippen LogP contribution is 2.20. The van der Waals surface area contributed by atoms with Gasteiger partial charge in [-0.3, -0.25) is 4.79 Å². The smallest absolute Gasteiger partial charge is 0.335 e. The topological polar surface area (TPSA) is 124 Å². The Kier molecular flexibility index (Phi) is 2.32. The van der Waals surface area contributed by atoms with Gasteiger partial charge in [-0.25, -0.2) is 14.8 Å². The summed E-state index contributed by atoms with van der Waals surface area (Å²) in [5.74, 6) is -1.50. The molecule has 2 heterocycles. The maximum Gasteiger partial charge on any atom is 0.335 e. The Bertz CT molecular complexity index is 715. The van der Waals surface area contributed by atoms with Crippen molar-refractivity contribution in [2.45, 2.75) is 6.35 Å². The van der Waals surface area contributed by atoms with Gasteiger partial charge in [0, 0.05) is 0 Å². The molecule has 3 rings (SSSR count). The second-order valence-corrected chi connectivity index (χ2v) is 3.95. The first kappa shape index (κ1) is 11.4. The Labute approximate surface area is 106 Å². The molecule has 1 aromatic carbocycles. The number of carboxylic acids is 1. The van der Waals surface area contributed by atoms with E-state index >= 15 is 0 Å². The Morgan fingerprint density at radius 2 is 2.00 bits per heavy atom. The molecule has 0 bridgehead atoms. The Hall–Kier alpha value is -2.74. The molecule has 8 heteroatoms. The standard InChI is InChI=1S/C11H8N4O4/c16-9-7-8(14-11(19)15-9)13-6-3-4(10(17)18)1-2-5(6)12-7/h1-3,11,19H,(H,13,14)(H,15,16)(H,17,18). The molecule has 1 aliphatic rings. The zero-order chi connectivity index (χ0) is 13.6. The average Bonchev–Trinajstić information content (AvgIpc) is 2.35. The number of carbonyl (C=O) groups excluding carboxylic acids is 1. The van der Waals surface area contributed by atoms with Crippen molar-refractivity contribution in [3.63, 3.8) is 0 Å². The number of benzene rings is 1. The largest absolute Gasteiger partial charge is 0.478 e. The van der Waals surface area contributed by atoms with Gasteiger partial charge >= 0.3 is 5.97 Å². The second-order valence-electron chi connectivity index (χ2n) is 3.95. The van der Waals surface area contributed by atoms with Crippen LogP contribution in [-0.4, -0.2) is 38.4 Å². The van der Waals surface area contributed by atoms with Gasteiger partial charge in [-0.2, -0.15) is 0 Å². The number of aliphatic hydroxyl groups excluding tert-OH is 1. The number of amides is 1. The third-order valence-electron chi connectivity index (χ3n) is 2.67. The van der Waals surface area contributed by atoms with Crippen molar-refractivity contribution in [1.29, 1.82) is 0 Å². The SMILES string of the molecule is O=C(O)c1ccc2nc3c(nc2c1)NC(O)NC3=O. The van der Waals surface area contributed by atoms with Crippen LogP contribution in [0.4, 0.5) is 5.82 Å². The van der Waals surface area contributed by atoms with Gasteiger partial charge in [-0.15, -0.1) is 0 Å². The molecule has 1 aromatic heterocycles. The van der Waals surface area contributed by atoms with Crippen molar-refractivity contribution in [3.05, 3.63) is 29.5 Å². The molecule has 2 aromatic rings. The van der Waals surface area contributed by atoms with E-state index in [1.165, 1.54) is 18.2 Å². The van der Waals surface area contributed by atoms with Crippen LogP contribution in [0.1, 0.15) is 20.8 Å². The average molecular weight is 260 g/mol. The molecule has 8 nitrogen and oxygen atoms in total. The highest BCUT2D eigenvalue weighted by atomic mass is 16.4. The summed E-state index contributed by atoms with van der Waals surface area (Å²) in [6, 6.07) is 4.21. The predicted molar refractivity (Wildman–Crippen MR) is 63.6 cm³/mol. The summed E-state index contributed by atoms with van der Waals surface area (Å²) in [6.45, 7) is 0. The maximum absolute atomic E-state index is 11.6. The van der Waals surface area contributed by atoms with Crippen molar-refractivity contribution in [3.8, 4) is 0 Å². The molecular weight excluding hydrogens is 252 g/mol. The number of hydrogen-bond acceptors (Lipinski definition) is 6. The van der Waals surface area contributed by atoms with Gasteiger partial charge < -0.3 is 20.8 Å². The van der Waals surface area contributed by atoms with E-state index in [1.54, 1.807) is 0 Å². The van der Waals surface area contributed by atoms with Gasteiger partial charge in [0.15, 0.2) is 11.5 Å². The van der Waals surface area contributed by atoms with Crippen molar-refractivity contribution >= 4 is 28.7 Å². The van der Waals surface area contributed by atoms with Gasteiger partial charge in [-0.1, -0.05) is 0 Å². The monoisotopic (exact) mass is 260 g/mol. The predicted octanol–water partition coefficient (Wildman–Crippen LogP) is -0.241. The number of aromatic nitrogens is 2. The molecule has 0 saturated heterocycles. The summed E-state index contributed by atoms with van der Waals surface area (Å²) < 4.78 is 0. The molecule has 96 valence electrons. The molecule has 0 radical (unpaired) electrons. The van der Waals surface area contributed by atoms with Crippen LogP contribution in [0.15, 0.2) is 18.2 Å². The minimum absolute atomic E-state index is 0.0564. The third-order valence-corrected chi connectivity index (χ3v) is 2.67. The summed E-state index contributed by atoms with van der Waals surface area (Å²) >= 11 is 0. The zero-order valence-electron chi connectivity index (χ0n) is 9.41. The Morgan fingerprint density at radius 1 is 1.21 bits per heavy atom. The fourth-order valence-corrected chi connectivity index (χ4v) is 1.80. The van der Waals surface area contributed by atoms with Crippen LogP contribution in [0.25, 0.3) is 11.0 Å². The van der Waals surface area contributed by atoms with Crippen LogP contribution in [-0.2, 0) is 0 Å². The van der Waals surface area contributed by atoms with Crippen LogP contribution in [0, 0.1) is 0 Å². The van der Waals surface area contributed by atoms with Crippen molar-refractivity contribution < 1.29 is 19.8 Å². The summed E-state index contributed by atoms with van der Waals surface area (Å²) in [7, 11) is 0. The summed E-state index contributed by atoms with van der Waals surface area (Å²) in [4.78, 5) is 30.7. The molecular formula is C11H8N4O4. The number of hydrogen-bond donors (Lipinski definition) is 4. The lowest BCUT2D eigenvalue weighted by atomic mass is 10.2. The van der Waals surface area contributed by atoms with Crippen LogP contribution >= 0.6 is 0 Å². The molecule has 0 spiro atoms. The molecule has 1 atom stereocenters. The van der Waals surface area contributed by atoms with E-state index in [-0.39, 0.29) is 17.1 Å². The summed E-state index contributed by atoms with van der Waals surface area (Å²) in [5, 5.41) is 23.0. The first-order valence-corrected chi connectivity index (χ1v) is 5.35. The lowest BCUT2D eigenvalue weighted by Crippen LogP contribution is -2.45. The fraction of sp³-hybridized carbons (Fsp3) is 0.0909. The quantitative estimate of drug-likeness (QED) is 0.557. The van der Waals surface area contributed by atoms with Crippen molar-refractivity contribution in [2.24, 2.45) is 0 Å². The summed E-state index contributed by atoms with van der Waals surface area (Å²) in [5.41, 5.74) is 0.855. The van der Waals surface area contributed by atoms with Gasteiger partial charge in [0.2, 0.25) is 6.35 Å². The number of carboxylic acid groups (broad SMARTS) is 1. The van der Waals surface area contributed by atoms with Crippen LogP contribution in [0.5, 0.6) is 0 Å². The third kappa shape index (κ3) is 1.83. The maximum atomic E-state index is 11.6. The number of aromatic carboxylic acids is 1. The number of nitrogens with one attached hydrogen (secondary N) is 2. The van der Waals surface area contributed by atoms with Gasteiger partial charge in [-0.05, 0) is 18.2 Å². The van der Waals surface area contributed by atoms with E-state index in [0.717, 1.165) is 0 Å². The van der Waals surface area contributed by atoms with E-state index < -0.39 is 18.2 Å². The molecule has 19 heavy (non-hydrogen) atoms. The fourth-order valence-electron chi connectivity index (χ4n) is 1.80. The number of nitrogens with zero attached hydrogens (tertiary/aromatic N) is 2. The highest BCUT2D eigenvalue weighted by molar-refractivity contribution is 6.01. The van der Waals surface area contributed by atoms with Crippen LogP contribution in [0.3, 0.4) is 0 Å². The number of anilines is 1. The molecule has 4 N–H and O–H groups in total. The number of carbonyl (C=O) groups is 2. The zero-order valence-corrected chi connectivity index (χ0v) is 9.41. The number of fused-ring (bicyclic) bond motifs is 2. The van der Waals surface area contributed by atoms with E-state index in [9.17, 15) is 14.7 Å². The van der Waals surface area contributed by atoms with Gasteiger partial charge in [0.1, 0.15) is 0 Å². The first-order valence-electron chi connectivity index (χ1n) is 5.35. The molecule has 0 saturated carbocycles. The van der Waals surface area contributed by atoms with E-state index in [0.29, 0.717) is 11.0 Å². The lowest BCUT2D eigenvalue weighted by Gasteiger charge is -2.22. The van der Waals surface area contributed by atoms with Gasteiger partial charge in [0.05, 0.1) is 16.6 Å². The van der Waals surface area contributed by atoms with Crippen LogP contribution < -0.4 is 10.6 Å². The molecule has 1 aliphatic heterocycles. The highest BCUT2D eigenvalue weighted by Gasteiger charge is 2.25. The Balaban J connectivity index is 2.21. The van der Waals surface area contributed by atoms with E-state index in [4.69, 9.17) is 5.11 Å². The Morgan fingerprint density at radius 3 is 2.74 bits per heavy atom. The van der Waals surface area contributed by atoms with Crippen LogP contribution in [0.2, 0.25) is 0 Å². The van der Waals surface area contributed by atoms with E-state index in [2.05, 4.69) is 20.6 Å². The molecule has 1 amide bonds. The first-order chi connectivity index (χ1) is 9.04. The second kappa shape index (κ2) is 3.89.